The summed E-state index contributed by atoms with van der Waals surface area (Å²) in [5, 5.41) is 8.04. The topological polar surface area (TPSA) is 12.0 Å². The Labute approximate surface area is 133 Å². The third kappa shape index (κ3) is 4.69. The lowest BCUT2D eigenvalue weighted by molar-refractivity contribution is 0.514. The zero-order valence-electron chi connectivity index (χ0n) is 13.6. The van der Waals surface area contributed by atoms with Crippen molar-refractivity contribution >= 4 is 11.3 Å². The van der Waals surface area contributed by atoms with Gasteiger partial charge in [-0.05, 0) is 58.3 Å². The fourth-order valence-electron chi connectivity index (χ4n) is 2.59. The Morgan fingerprint density at radius 3 is 2.33 bits per heavy atom. The highest BCUT2D eigenvalue weighted by molar-refractivity contribution is 7.07. The van der Waals surface area contributed by atoms with Gasteiger partial charge in [-0.25, -0.2) is 0 Å². The Morgan fingerprint density at radius 2 is 1.81 bits per heavy atom. The maximum atomic E-state index is 3.62. The number of rotatable bonds is 6. The average molecular weight is 301 g/mol. The Kier molecular flexibility index (Phi) is 5.60. The summed E-state index contributed by atoms with van der Waals surface area (Å²) in [4.78, 5) is 0. The van der Waals surface area contributed by atoms with E-state index < -0.39 is 0 Å². The predicted molar refractivity (Wildman–Crippen MR) is 94.2 cm³/mol. The molecule has 1 heterocycles. The van der Waals surface area contributed by atoms with E-state index in [1.54, 1.807) is 11.3 Å². The third-order valence-corrected chi connectivity index (χ3v) is 4.66. The summed E-state index contributed by atoms with van der Waals surface area (Å²) in [5.74, 6) is 0. The number of hydrogen-bond donors (Lipinski definition) is 1. The van der Waals surface area contributed by atoms with Crippen LogP contribution in [0.3, 0.4) is 0 Å². The van der Waals surface area contributed by atoms with Gasteiger partial charge in [-0.1, -0.05) is 52.0 Å². The molecule has 114 valence electrons. The van der Waals surface area contributed by atoms with Gasteiger partial charge >= 0.3 is 0 Å². The Hall–Kier alpha value is -1.12. The van der Waals surface area contributed by atoms with Gasteiger partial charge < -0.3 is 5.32 Å². The molecular formula is C19H27NS. The molecule has 0 aliphatic carbocycles. The van der Waals surface area contributed by atoms with Crippen LogP contribution in [0.5, 0.6) is 0 Å². The predicted octanol–water partition coefficient (Wildman–Crippen LogP) is 5.33. The number of aryl methyl sites for hydroxylation is 1. The molecule has 2 heteroatoms. The molecule has 1 N–H and O–H groups in total. The van der Waals surface area contributed by atoms with E-state index in [0.717, 1.165) is 19.4 Å². The van der Waals surface area contributed by atoms with Gasteiger partial charge in [-0.2, -0.15) is 11.3 Å². The first-order valence-electron chi connectivity index (χ1n) is 7.85. The number of benzene rings is 1. The number of nitrogens with one attached hydrogen (secondary N) is 1. The summed E-state index contributed by atoms with van der Waals surface area (Å²) >= 11 is 1.78. The average Bonchev–Trinajstić information content (AvgIpc) is 2.96. The molecule has 1 nitrogen and oxygen atoms in total. The minimum atomic E-state index is 0.225. The normalized spacial score (nSPS) is 13.3. The van der Waals surface area contributed by atoms with Gasteiger partial charge in [-0.15, -0.1) is 0 Å². The van der Waals surface area contributed by atoms with E-state index in [9.17, 15) is 0 Å². The SMILES string of the molecule is CCNC(CCc1ccsc1)c1ccc(C(C)(C)C)cc1. The van der Waals surface area contributed by atoms with Gasteiger partial charge in [0, 0.05) is 6.04 Å². The van der Waals surface area contributed by atoms with Crippen LogP contribution in [-0.2, 0) is 11.8 Å². The number of hydrogen-bond acceptors (Lipinski definition) is 2. The minimum Gasteiger partial charge on any atom is -0.310 e. The van der Waals surface area contributed by atoms with Crippen LogP contribution >= 0.6 is 11.3 Å². The quantitative estimate of drug-likeness (QED) is 0.760. The molecule has 2 rings (SSSR count). The molecule has 1 atom stereocenters. The van der Waals surface area contributed by atoms with E-state index in [2.05, 4.69) is 74.1 Å². The third-order valence-electron chi connectivity index (χ3n) is 3.93. The maximum absolute atomic E-state index is 3.62. The molecule has 0 aliphatic heterocycles. The molecule has 0 spiro atoms. The van der Waals surface area contributed by atoms with Crippen molar-refractivity contribution in [3.8, 4) is 0 Å². The highest BCUT2D eigenvalue weighted by Crippen LogP contribution is 2.25. The second-order valence-corrected chi connectivity index (χ2v) is 7.43. The smallest absolute Gasteiger partial charge is 0.0323 e. The molecule has 1 unspecified atom stereocenters. The van der Waals surface area contributed by atoms with Crippen molar-refractivity contribution in [3.05, 3.63) is 57.8 Å². The second kappa shape index (κ2) is 7.24. The van der Waals surface area contributed by atoms with Gasteiger partial charge in [0.25, 0.3) is 0 Å². The van der Waals surface area contributed by atoms with E-state index >= 15 is 0 Å². The monoisotopic (exact) mass is 301 g/mol. The van der Waals surface area contributed by atoms with E-state index in [1.165, 1.54) is 16.7 Å². The van der Waals surface area contributed by atoms with Gasteiger partial charge in [0.2, 0.25) is 0 Å². The molecule has 0 fully saturated rings. The molecule has 1 aromatic carbocycles. The fourth-order valence-corrected chi connectivity index (χ4v) is 3.30. The molecule has 0 bridgehead atoms. The first-order chi connectivity index (χ1) is 10.0. The maximum Gasteiger partial charge on any atom is 0.0323 e. The van der Waals surface area contributed by atoms with E-state index in [4.69, 9.17) is 0 Å². The Balaban J connectivity index is 2.06. The second-order valence-electron chi connectivity index (χ2n) is 6.65. The van der Waals surface area contributed by atoms with Crippen LogP contribution in [0, 0.1) is 0 Å². The molecular weight excluding hydrogens is 274 g/mol. The first-order valence-corrected chi connectivity index (χ1v) is 8.80. The van der Waals surface area contributed by atoms with E-state index in [1.807, 2.05) is 0 Å². The van der Waals surface area contributed by atoms with Crippen LogP contribution in [0.25, 0.3) is 0 Å². The summed E-state index contributed by atoms with van der Waals surface area (Å²) in [6.07, 6.45) is 2.29. The summed E-state index contributed by atoms with van der Waals surface area (Å²) < 4.78 is 0. The van der Waals surface area contributed by atoms with Crippen LogP contribution in [0.2, 0.25) is 0 Å². The lowest BCUT2D eigenvalue weighted by atomic mass is 9.86. The van der Waals surface area contributed by atoms with Crippen LogP contribution in [0.4, 0.5) is 0 Å². The van der Waals surface area contributed by atoms with Crippen molar-refractivity contribution in [3.63, 3.8) is 0 Å². The molecule has 0 aliphatic rings. The summed E-state index contributed by atoms with van der Waals surface area (Å²) in [5.41, 5.74) is 4.48. The Morgan fingerprint density at radius 1 is 1.10 bits per heavy atom. The highest BCUT2D eigenvalue weighted by Gasteiger charge is 2.15. The standard InChI is InChI=1S/C19H27NS/c1-5-20-18(11-6-15-12-13-21-14-15)16-7-9-17(10-8-16)19(2,3)4/h7-10,12-14,18,20H,5-6,11H2,1-4H3. The van der Waals surface area contributed by atoms with Crippen LogP contribution < -0.4 is 5.32 Å². The Bertz CT molecular complexity index is 520. The van der Waals surface area contributed by atoms with Gasteiger partial charge in [0.15, 0.2) is 0 Å². The fraction of sp³-hybridized carbons (Fsp3) is 0.474. The molecule has 0 saturated carbocycles. The molecule has 1 aromatic heterocycles. The van der Waals surface area contributed by atoms with Crippen molar-refractivity contribution in [1.29, 1.82) is 0 Å². The van der Waals surface area contributed by atoms with Gasteiger partial charge in [0.05, 0.1) is 0 Å². The van der Waals surface area contributed by atoms with Crippen molar-refractivity contribution < 1.29 is 0 Å². The molecule has 0 amide bonds. The first kappa shape index (κ1) is 16.3. The van der Waals surface area contributed by atoms with E-state index in [-0.39, 0.29) is 5.41 Å². The van der Waals surface area contributed by atoms with Crippen molar-refractivity contribution in [1.82, 2.24) is 5.32 Å². The van der Waals surface area contributed by atoms with Gasteiger partial charge in [0.1, 0.15) is 0 Å². The molecule has 0 saturated heterocycles. The number of thiophene rings is 1. The van der Waals surface area contributed by atoms with Crippen LogP contribution in [0.15, 0.2) is 41.1 Å². The van der Waals surface area contributed by atoms with Crippen molar-refractivity contribution in [2.24, 2.45) is 0 Å². The molecule has 21 heavy (non-hydrogen) atoms. The van der Waals surface area contributed by atoms with Gasteiger partial charge in [-0.3, -0.25) is 0 Å². The van der Waals surface area contributed by atoms with E-state index in [0.29, 0.717) is 6.04 Å². The minimum absolute atomic E-state index is 0.225. The zero-order valence-corrected chi connectivity index (χ0v) is 14.5. The lowest BCUT2D eigenvalue weighted by Crippen LogP contribution is -2.21. The highest BCUT2D eigenvalue weighted by atomic mass is 32.1. The molecule has 2 aromatic rings. The van der Waals surface area contributed by atoms with Crippen LogP contribution in [-0.4, -0.2) is 6.54 Å². The molecule has 0 radical (unpaired) electrons. The lowest BCUT2D eigenvalue weighted by Gasteiger charge is -2.22. The summed E-state index contributed by atoms with van der Waals surface area (Å²) in [7, 11) is 0. The van der Waals surface area contributed by atoms with Crippen molar-refractivity contribution in [2.75, 3.05) is 6.54 Å². The summed E-state index contributed by atoms with van der Waals surface area (Å²) in [6.45, 7) is 9.98. The zero-order chi connectivity index (χ0) is 15.3. The van der Waals surface area contributed by atoms with Crippen LogP contribution in [0.1, 0.15) is 56.8 Å². The largest absolute Gasteiger partial charge is 0.310 e. The summed E-state index contributed by atoms with van der Waals surface area (Å²) in [6, 6.07) is 11.8. The van der Waals surface area contributed by atoms with Crippen molar-refractivity contribution in [2.45, 2.75) is 52.0 Å².